The number of phenolic OH excluding ortho intramolecular Hbond substituents is 2. The number of rotatable bonds is 0. The molecule has 2 unspecified atom stereocenters. The highest BCUT2D eigenvalue weighted by molar-refractivity contribution is 5.35. The van der Waals surface area contributed by atoms with Crippen LogP contribution in [0.15, 0.2) is 54.7 Å². The molecule has 0 radical (unpaired) electrons. The van der Waals surface area contributed by atoms with Crippen molar-refractivity contribution in [2.24, 2.45) is 0 Å². The van der Waals surface area contributed by atoms with Gasteiger partial charge in [-0.1, -0.05) is 24.3 Å². The molecule has 0 amide bonds. The minimum Gasteiger partial charge on any atom is -0.508 e. The van der Waals surface area contributed by atoms with Crippen molar-refractivity contribution >= 4 is 0 Å². The summed E-state index contributed by atoms with van der Waals surface area (Å²) < 4.78 is 0. The Morgan fingerprint density at radius 3 is 1.43 bits per heavy atom. The van der Waals surface area contributed by atoms with Gasteiger partial charge in [-0.2, -0.15) is 0 Å². The fourth-order valence-electron chi connectivity index (χ4n) is 1.69. The topological polar surface area (TPSA) is 80.9 Å². The van der Waals surface area contributed by atoms with Crippen LogP contribution in [0.5, 0.6) is 11.5 Å². The fraction of sp³-hybridized carbons (Fsp3) is 0.294. The molecule has 1 aliphatic rings. The molecule has 1 aliphatic carbocycles. The molecule has 2 atom stereocenters. The predicted molar refractivity (Wildman–Crippen MR) is 83.2 cm³/mol. The van der Waals surface area contributed by atoms with Gasteiger partial charge in [0.15, 0.2) is 0 Å². The number of hydrogen-bond donors (Lipinski definition) is 4. The van der Waals surface area contributed by atoms with E-state index in [1.54, 1.807) is 69.4 Å². The maximum atomic E-state index is 9.59. The van der Waals surface area contributed by atoms with Gasteiger partial charge in [0.1, 0.15) is 11.5 Å². The second-order valence-electron chi connectivity index (χ2n) is 5.53. The van der Waals surface area contributed by atoms with Crippen molar-refractivity contribution in [2.45, 2.75) is 32.0 Å². The number of aryl methyl sites for hydroxylation is 1. The van der Waals surface area contributed by atoms with Crippen LogP contribution in [0, 0.1) is 6.92 Å². The van der Waals surface area contributed by atoms with Crippen molar-refractivity contribution in [3.05, 3.63) is 60.2 Å². The Labute approximate surface area is 125 Å². The third-order valence-corrected chi connectivity index (χ3v) is 2.78. The van der Waals surface area contributed by atoms with Crippen LogP contribution >= 0.6 is 0 Å². The lowest BCUT2D eigenvalue weighted by molar-refractivity contribution is 0.144. The third kappa shape index (κ3) is 6.79. The van der Waals surface area contributed by atoms with E-state index >= 15 is 0 Å². The summed E-state index contributed by atoms with van der Waals surface area (Å²) in [6, 6.07) is 4.46. The number of aliphatic hydroxyl groups is 2. The largest absolute Gasteiger partial charge is 0.508 e. The molecule has 2 rings (SSSR count). The lowest BCUT2D eigenvalue weighted by Crippen LogP contribution is -2.23. The predicted octanol–water partition coefficient (Wildman–Crippen LogP) is 2.58. The smallest absolute Gasteiger partial charge is 0.119 e. The first-order chi connectivity index (χ1) is 9.60. The van der Waals surface area contributed by atoms with E-state index in [2.05, 4.69) is 0 Å². The zero-order valence-corrected chi connectivity index (χ0v) is 12.5. The molecule has 4 N–H and O–H groups in total. The van der Waals surface area contributed by atoms with E-state index < -0.39 is 11.2 Å². The van der Waals surface area contributed by atoms with Crippen LogP contribution in [0.3, 0.4) is 0 Å². The number of benzene rings is 1. The van der Waals surface area contributed by atoms with Gasteiger partial charge >= 0.3 is 0 Å². The van der Waals surface area contributed by atoms with Gasteiger partial charge in [0, 0.05) is 6.07 Å². The summed E-state index contributed by atoms with van der Waals surface area (Å²) in [5, 5.41) is 36.9. The molecule has 4 heteroatoms. The van der Waals surface area contributed by atoms with Crippen molar-refractivity contribution in [3.8, 4) is 11.5 Å². The van der Waals surface area contributed by atoms with E-state index in [9.17, 15) is 10.2 Å². The highest BCUT2D eigenvalue weighted by Gasteiger charge is 2.17. The third-order valence-electron chi connectivity index (χ3n) is 2.78. The molecule has 114 valence electrons. The van der Waals surface area contributed by atoms with Crippen molar-refractivity contribution < 1.29 is 20.4 Å². The molecule has 0 saturated carbocycles. The van der Waals surface area contributed by atoms with Gasteiger partial charge in [-0.05, 0) is 50.6 Å². The molecule has 1 aromatic rings. The summed E-state index contributed by atoms with van der Waals surface area (Å²) in [5.74, 6) is 0.208. The van der Waals surface area contributed by atoms with Crippen molar-refractivity contribution in [1.29, 1.82) is 0 Å². The molecular formula is C17H22O4. The van der Waals surface area contributed by atoms with E-state index in [4.69, 9.17) is 10.2 Å². The van der Waals surface area contributed by atoms with E-state index in [-0.39, 0.29) is 11.5 Å². The van der Waals surface area contributed by atoms with Crippen molar-refractivity contribution in [2.75, 3.05) is 0 Å². The van der Waals surface area contributed by atoms with Crippen molar-refractivity contribution in [3.63, 3.8) is 0 Å². The van der Waals surface area contributed by atoms with E-state index in [0.717, 1.165) is 5.56 Å². The second kappa shape index (κ2) is 6.61. The quantitative estimate of drug-likeness (QED) is 0.554. The monoisotopic (exact) mass is 290 g/mol. The van der Waals surface area contributed by atoms with Crippen molar-refractivity contribution in [1.82, 2.24) is 0 Å². The first-order valence-electron chi connectivity index (χ1n) is 6.61. The molecule has 0 aromatic heterocycles. The highest BCUT2D eigenvalue weighted by Crippen LogP contribution is 2.19. The summed E-state index contributed by atoms with van der Waals surface area (Å²) in [6.45, 7) is 5.13. The van der Waals surface area contributed by atoms with Gasteiger partial charge < -0.3 is 20.4 Å². The average Bonchev–Trinajstić information content (AvgIpc) is 2.31. The molecule has 0 bridgehead atoms. The molecular weight excluding hydrogens is 268 g/mol. The summed E-state index contributed by atoms with van der Waals surface area (Å²) in [7, 11) is 0. The Morgan fingerprint density at radius 1 is 0.714 bits per heavy atom. The first kappa shape index (κ1) is 17.0. The second-order valence-corrected chi connectivity index (χ2v) is 5.53. The van der Waals surface area contributed by atoms with Crippen LogP contribution in [0.4, 0.5) is 0 Å². The first-order valence-corrected chi connectivity index (χ1v) is 6.61. The van der Waals surface area contributed by atoms with E-state index in [1.165, 1.54) is 6.07 Å². The molecule has 1 aromatic carbocycles. The van der Waals surface area contributed by atoms with E-state index in [0.29, 0.717) is 0 Å². The van der Waals surface area contributed by atoms with Gasteiger partial charge in [0.05, 0.1) is 11.2 Å². The summed E-state index contributed by atoms with van der Waals surface area (Å²) in [5.41, 5.74) is -1.07. The average molecular weight is 290 g/mol. The van der Waals surface area contributed by atoms with E-state index in [1.807, 2.05) is 0 Å². The Hall–Kier alpha value is -2.04. The number of aromatic hydroxyl groups is 2. The molecule has 0 saturated heterocycles. The summed E-state index contributed by atoms with van der Waals surface area (Å²) in [6.07, 6.45) is 9.92. The van der Waals surface area contributed by atoms with Gasteiger partial charge in [0.2, 0.25) is 0 Å². The number of phenols is 2. The zero-order chi connectivity index (χ0) is 16.1. The SMILES string of the molecule is CC1(O)/C=C\C=C/C(C)(O)/C=C\1.Cc1cc(O)cc(O)c1. The maximum Gasteiger partial charge on any atom is 0.119 e. The van der Waals surface area contributed by atoms with Gasteiger partial charge in [0.25, 0.3) is 0 Å². The normalized spacial score (nSPS) is 32.0. The number of hydrogen-bond acceptors (Lipinski definition) is 4. The lowest BCUT2D eigenvalue weighted by atomic mass is 9.97. The molecule has 0 fully saturated rings. The van der Waals surface area contributed by atoms with Crippen LogP contribution in [0.2, 0.25) is 0 Å². The zero-order valence-electron chi connectivity index (χ0n) is 12.5. The number of allylic oxidation sites excluding steroid dienone is 2. The standard InChI is InChI=1S/C10H14O2.C7H8O2/c1-9(11)5-3-4-6-10(2,12)8-7-9;1-5-2-6(8)4-7(9)3-5/h3-8,11-12H,1-2H3;2-4,8-9H,1H3/b5-3-,6-4-,8-7-;. The van der Waals surface area contributed by atoms with Crippen LogP contribution in [0.1, 0.15) is 19.4 Å². The Balaban J connectivity index is 0.000000219. The van der Waals surface area contributed by atoms with Gasteiger partial charge in [-0.15, -0.1) is 0 Å². The molecule has 21 heavy (non-hydrogen) atoms. The lowest BCUT2D eigenvalue weighted by Gasteiger charge is -2.19. The molecule has 0 heterocycles. The maximum absolute atomic E-state index is 9.59. The Morgan fingerprint density at radius 2 is 1.10 bits per heavy atom. The van der Waals surface area contributed by atoms with Gasteiger partial charge in [-0.3, -0.25) is 0 Å². The van der Waals surface area contributed by atoms with Crippen LogP contribution in [-0.4, -0.2) is 31.6 Å². The Bertz CT molecular complexity index is 490. The molecule has 0 spiro atoms. The minimum absolute atomic E-state index is 0.104. The van der Waals surface area contributed by atoms with Crippen LogP contribution in [0.25, 0.3) is 0 Å². The van der Waals surface area contributed by atoms with Gasteiger partial charge in [-0.25, -0.2) is 0 Å². The molecule has 0 aliphatic heterocycles. The minimum atomic E-state index is -0.964. The fourth-order valence-corrected chi connectivity index (χ4v) is 1.69. The highest BCUT2D eigenvalue weighted by atomic mass is 16.3. The summed E-state index contributed by atoms with van der Waals surface area (Å²) >= 11 is 0. The van der Waals surface area contributed by atoms with Crippen LogP contribution < -0.4 is 0 Å². The Kier molecular flexibility index (Phi) is 5.35. The summed E-state index contributed by atoms with van der Waals surface area (Å²) in [4.78, 5) is 0. The van der Waals surface area contributed by atoms with Crippen LogP contribution in [-0.2, 0) is 0 Å². The molecule has 4 nitrogen and oxygen atoms in total.